The topological polar surface area (TPSA) is 73.6 Å². The van der Waals surface area contributed by atoms with Gasteiger partial charge in [0.2, 0.25) is 6.79 Å². The molecule has 3 rings (SSSR count). The lowest BCUT2D eigenvalue weighted by Crippen LogP contribution is -2.43. The quantitative estimate of drug-likeness (QED) is 0.819. The fraction of sp³-hybridized carbons (Fsp3) is 0.462. The van der Waals surface area contributed by atoms with Gasteiger partial charge in [-0.1, -0.05) is 0 Å². The Morgan fingerprint density at radius 1 is 1.28 bits per heavy atom. The maximum absolute atomic E-state index is 12.1. The van der Waals surface area contributed by atoms with Gasteiger partial charge in [-0.05, 0) is 37.5 Å². The van der Waals surface area contributed by atoms with E-state index in [-0.39, 0.29) is 24.8 Å². The molecule has 1 fully saturated rings. The van der Waals surface area contributed by atoms with Gasteiger partial charge in [0, 0.05) is 17.6 Å². The third-order valence-electron chi connectivity index (χ3n) is 3.52. The average Bonchev–Trinajstić information content (AvgIpc) is 2.98. The largest absolute Gasteiger partial charge is 0.454 e. The van der Waals surface area contributed by atoms with Gasteiger partial charge in [0.15, 0.2) is 11.5 Å². The van der Waals surface area contributed by atoms with Crippen molar-refractivity contribution in [2.24, 2.45) is 5.73 Å². The lowest BCUT2D eigenvalue weighted by atomic mass is 10.1. The van der Waals surface area contributed by atoms with E-state index in [1.54, 1.807) is 18.2 Å². The summed E-state index contributed by atoms with van der Waals surface area (Å²) < 4.78 is 10.5. The van der Waals surface area contributed by atoms with Gasteiger partial charge in [0.05, 0.1) is 0 Å². The van der Waals surface area contributed by atoms with Crippen LogP contribution in [0.2, 0.25) is 0 Å². The maximum Gasteiger partial charge on any atom is 0.251 e. The van der Waals surface area contributed by atoms with Gasteiger partial charge >= 0.3 is 0 Å². The number of nitrogens with two attached hydrogens (primary N) is 1. The number of amides is 1. The van der Waals surface area contributed by atoms with E-state index in [2.05, 4.69) is 5.32 Å². The van der Waals surface area contributed by atoms with Crippen LogP contribution in [0.3, 0.4) is 0 Å². The second-order valence-corrected chi connectivity index (χ2v) is 4.74. The van der Waals surface area contributed by atoms with Crippen LogP contribution in [0.4, 0.5) is 0 Å². The van der Waals surface area contributed by atoms with Crippen molar-refractivity contribution in [2.75, 3.05) is 6.79 Å². The van der Waals surface area contributed by atoms with Gasteiger partial charge in [-0.15, -0.1) is 0 Å². The molecule has 5 nitrogen and oxygen atoms in total. The third-order valence-corrected chi connectivity index (χ3v) is 3.52. The molecule has 1 heterocycles. The number of fused-ring (bicyclic) bond motifs is 1. The van der Waals surface area contributed by atoms with Crippen LogP contribution in [-0.4, -0.2) is 24.8 Å². The minimum absolute atomic E-state index is 0.0722. The summed E-state index contributed by atoms with van der Waals surface area (Å²) in [4.78, 5) is 12.1. The fourth-order valence-electron chi connectivity index (χ4n) is 2.46. The highest BCUT2D eigenvalue weighted by Gasteiger charge is 2.26. The molecule has 2 atom stereocenters. The van der Waals surface area contributed by atoms with Crippen molar-refractivity contribution in [3.63, 3.8) is 0 Å². The second-order valence-electron chi connectivity index (χ2n) is 4.74. The molecule has 1 saturated carbocycles. The van der Waals surface area contributed by atoms with Gasteiger partial charge in [-0.2, -0.15) is 0 Å². The molecule has 2 unspecified atom stereocenters. The zero-order chi connectivity index (χ0) is 12.5. The molecule has 96 valence electrons. The monoisotopic (exact) mass is 248 g/mol. The molecule has 1 aromatic carbocycles. The van der Waals surface area contributed by atoms with Crippen molar-refractivity contribution in [1.82, 2.24) is 5.32 Å². The average molecular weight is 248 g/mol. The Balaban J connectivity index is 1.72. The number of carbonyl (C=O) groups is 1. The number of benzene rings is 1. The Morgan fingerprint density at radius 2 is 2.11 bits per heavy atom. The van der Waals surface area contributed by atoms with E-state index in [9.17, 15) is 4.79 Å². The van der Waals surface area contributed by atoms with Crippen LogP contribution in [0.15, 0.2) is 18.2 Å². The molecule has 0 aromatic heterocycles. The first kappa shape index (κ1) is 11.3. The van der Waals surface area contributed by atoms with Crippen LogP contribution in [0.1, 0.15) is 29.6 Å². The number of rotatable bonds is 2. The van der Waals surface area contributed by atoms with E-state index in [0.717, 1.165) is 19.3 Å². The van der Waals surface area contributed by atoms with Crippen molar-refractivity contribution in [2.45, 2.75) is 31.3 Å². The SMILES string of the molecule is NC1CCCC1NC(=O)c1ccc2c(c1)OCO2. The summed E-state index contributed by atoms with van der Waals surface area (Å²) in [6.45, 7) is 0.216. The Morgan fingerprint density at radius 3 is 2.89 bits per heavy atom. The predicted octanol–water partition coefficient (Wildman–Crippen LogP) is 1.02. The number of carbonyl (C=O) groups excluding carboxylic acids is 1. The van der Waals surface area contributed by atoms with Gasteiger partial charge in [-0.25, -0.2) is 0 Å². The maximum atomic E-state index is 12.1. The lowest BCUT2D eigenvalue weighted by Gasteiger charge is -2.17. The molecule has 0 saturated heterocycles. The van der Waals surface area contributed by atoms with Crippen molar-refractivity contribution >= 4 is 5.91 Å². The van der Waals surface area contributed by atoms with Crippen LogP contribution >= 0.6 is 0 Å². The van der Waals surface area contributed by atoms with Crippen LogP contribution < -0.4 is 20.5 Å². The van der Waals surface area contributed by atoms with E-state index < -0.39 is 0 Å². The molecule has 0 bridgehead atoms. The molecule has 1 aromatic rings. The summed E-state index contributed by atoms with van der Waals surface area (Å²) >= 11 is 0. The number of nitrogens with one attached hydrogen (secondary N) is 1. The number of ether oxygens (including phenoxy) is 2. The van der Waals surface area contributed by atoms with Crippen LogP contribution in [0, 0.1) is 0 Å². The summed E-state index contributed by atoms with van der Waals surface area (Å²) in [5, 5.41) is 2.98. The highest BCUT2D eigenvalue weighted by molar-refractivity contribution is 5.95. The summed E-state index contributed by atoms with van der Waals surface area (Å²) in [7, 11) is 0. The highest BCUT2D eigenvalue weighted by atomic mass is 16.7. The van der Waals surface area contributed by atoms with E-state index in [0.29, 0.717) is 17.1 Å². The summed E-state index contributed by atoms with van der Waals surface area (Å²) in [6.07, 6.45) is 3.01. The molecule has 1 amide bonds. The number of hydrogen-bond donors (Lipinski definition) is 2. The van der Waals surface area contributed by atoms with E-state index in [1.807, 2.05) is 0 Å². The zero-order valence-electron chi connectivity index (χ0n) is 10.0. The van der Waals surface area contributed by atoms with E-state index in [1.165, 1.54) is 0 Å². The zero-order valence-corrected chi connectivity index (χ0v) is 10.0. The summed E-state index contributed by atoms with van der Waals surface area (Å²) in [5.41, 5.74) is 6.52. The molecular weight excluding hydrogens is 232 g/mol. The van der Waals surface area contributed by atoms with Crippen LogP contribution in [0.5, 0.6) is 11.5 Å². The number of hydrogen-bond acceptors (Lipinski definition) is 4. The Kier molecular flexibility index (Phi) is 2.83. The first-order valence-electron chi connectivity index (χ1n) is 6.20. The highest BCUT2D eigenvalue weighted by Crippen LogP contribution is 2.32. The van der Waals surface area contributed by atoms with Crippen molar-refractivity contribution in [3.05, 3.63) is 23.8 Å². The molecular formula is C13H16N2O3. The third kappa shape index (κ3) is 2.01. The normalized spacial score (nSPS) is 25.2. The summed E-state index contributed by atoms with van der Waals surface area (Å²) in [6, 6.07) is 5.36. The molecule has 3 N–H and O–H groups in total. The molecule has 1 aliphatic carbocycles. The molecule has 2 aliphatic rings. The molecule has 5 heteroatoms. The Labute approximate surface area is 105 Å². The lowest BCUT2D eigenvalue weighted by molar-refractivity contribution is 0.0934. The minimum Gasteiger partial charge on any atom is -0.454 e. The Hall–Kier alpha value is -1.75. The fourth-order valence-corrected chi connectivity index (χ4v) is 2.46. The van der Waals surface area contributed by atoms with E-state index in [4.69, 9.17) is 15.2 Å². The molecule has 18 heavy (non-hydrogen) atoms. The van der Waals surface area contributed by atoms with Crippen molar-refractivity contribution in [1.29, 1.82) is 0 Å². The first-order valence-corrected chi connectivity index (χ1v) is 6.20. The van der Waals surface area contributed by atoms with Crippen molar-refractivity contribution < 1.29 is 14.3 Å². The summed E-state index contributed by atoms with van der Waals surface area (Å²) in [5.74, 6) is 1.21. The van der Waals surface area contributed by atoms with Gasteiger partial charge in [-0.3, -0.25) is 4.79 Å². The van der Waals surface area contributed by atoms with E-state index >= 15 is 0 Å². The predicted molar refractivity (Wildman–Crippen MR) is 65.6 cm³/mol. The van der Waals surface area contributed by atoms with Gasteiger partial charge in [0.1, 0.15) is 0 Å². The Bertz CT molecular complexity index is 475. The van der Waals surface area contributed by atoms with Gasteiger partial charge in [0.25, 0.3) is 5.91 Å². The standard InChI is InChI=1S/C13H16N2O3/c14-9-2-1-3-10(9)15-13(16)8-4-5-11-12(6-8)18-7-17-11/h4-6,9-10H,1-3,7,14H2,(H,15,16). The second kappa shape index (κ2) is 4.49. The smallest absolute Gasteiger partial charge is 0.251 e. The first-order chi connectivity index (χ1) is 8.74. The molecule has 1 aliphatic heterocycles. The minimum atomic E-state index is -0.101. The van der Waals surface area contributed by atoms with Crippen molar-refractivity contribution in [3.8, 4) is 11.5 Å². The van der Waals surface area contributed by atoms with Crippen LogP contribution in [-0.2, 0) is 0 Å². The molecule has 0 radical (unpaired) electrons. The van der Waals surface area contributed by atoms with Crippen LogP contribution in [0.25, 0.3) is 0 Å². The van der Waals surface area contributed by atoms with Gasteiger partial charge < -0.3 is 20.5 Å². The molecule has 0 spiro atoms.